The third-order valence-corrected chi connectivity index (χ3v) is 0.687. The minimum Gasteiger partial charge on any atom is -0.299 e. The molecule has 0 atom stereocenters. The van der Waals surface area contributed by atoms with E-state index in [-0.39, 0.29) is 5.54 Å². The summed E-state index contributed by atoms with van der Waals surface area (Å²) in [5, 5.41) is 9.19. The average Bonchev–Trinajstić information content (AvgIpc) is 1.31. The molecular weight excluding hydrogens is 92.1 g/mol. The zero-order valence-electron chi connectivity index (χ0n) is 4.97. The van der Waals surface area contributed by atoms with E-state index in [9.17, 15) is 0 Å². The van der Waals surface area contributed by atoms with Crippen LogP contribution < -0.4 is 5.84 Å². The van der Waals surface area contributed by atoms with E-state index < -0.39 is 0 Å². The van der Waals surface area contributed by atoms with Gasteiger partial charge in [-0.1, -0.05) is 0 Å². The van der Waals surface area contributed by atoms with Crippen LogP contribution >= 0.6 is 0 Å². The van der Waals surface area contributed by atoms with Crippen molar-refractivity contribution in [3.63, 3.8) is 0 Å². The molecule has 0 heterocycles. The first-order chi connectivity index (χ1) is 2.94. The second kappa shape index (κ2) is 1.78. The van der Waals surface area contributed by atoms with Crippen molar-refractivity contribution in [3.8, 4) is 0 Å². The fourth-order valence-corrected chi connectivity index (χ4v) is 0. The van der Waals surface area contributed by atoms with Gasteiger partial charge < -0.3 is 0 Å². The van der Waals surface area contributed by atoms with Crippen molar-refractivity contribution in [2.75, 3.05) is 0 Å². The fourth-order valence-electron chi connectivity index (χ4n) is 0. The topological polar surface area (TPSA) is 49.5 Å². The van der Waals surface area contributed by atoms with Crippen molar-refractivity contribution in [1.82, 2.24) is 5.17 Å². The highest BCUT2D eigenvalue weighted by atomic mass is 16.5. The van der Waals surface area contributed by atoms with Gasteiger partial charge in [-0.25, -0.2) is 5.84 Å². The van der Waals surface area contributed by atoms with Crippen molar-refractivity contribution in [1.29, 1.82) is 0 Å². The summed E-state index contributed by atoms with van der Waals surface area (Å²) in [5.74, 6) is 4.96. The lowest BCUT2D eigenvalue weighted by molar-refractivity contribution is -0.158. The molecule has 0 spiro atoms. The average molecular weight is 104 g/mol. The second-order valence-corrected chi connectivity index (χ2v) is 2.52. The molecule has 0 aromatic rings. The molecule has 0 unspecified atom stereocenters. The number of nitrogens with zero attached hydrogens (tertiary/aromatic N) is 1. The molecule has 0 aromatic carbocycles. The van der Waals surface area contributed by atoms with E-state index in [1.807, 2.05) is 20.8 Å². The van der Waals surface area contributed by atoms with E-state index in [0.29, 0.717) is 5.17 Å². The molecule has 0 saturated heterocycles. The van der Waals surface area contributed by atoms with E-state index in [1.54, 1.807) is 0 Å². The van der Waals surface area contributed by atoms with Crippen LogP contribution in [0.1, 0.15) is 20.8 Å². The molecule has 0 rings (SSSR count). The molecule has 3 heteroatoms. The SMILES string of the molecule is CC(C)(C)N(N)O. The lowest BCUT2D eigenvalue weighted by Gasteiger charge is -2.23. The Hall–Kier alpha value is -0.120. The molecule has 3 nitrogen and oxygen atoms in total. The van der Waals surface area contributed by atoms with Crippen molar-refractivity contribution in [2.45, 2.75) is 26.3 Å². The summed E-state index contributed by atoms with van der Waals surface area (Å²) in [5.41, 5.74) is -0.333. The quantitative estimate of drug-likeness (QED) is 0.344. The molecule has 0 amide bonds. The summed E-state index contributed by atoms with van der Waals surface area (Å²) in [6.45, 7) is 5.44. The van der Waals surface area contributed by atoms with Crippen molar-refractivity contribution >= 4 is 0 Å². The Bertz CT molecular complexity index is 55.2. The molecule has 7 heavy (non-hydrogen) atoms. The number of hydrogen-bond acceptors (Lipinski definition) is 3. The monoisotopic (exact) mass is 104 g/mol. The molecule has 0 saturated carbocycles. The van der Waals surface area contributed by atoms with Gasteiger partial charge in [-0.2, -0.15) is 0 Å². The van der Waals surface area contributed by atoms with Crippen LogP contribution in [0.5, 0.6) is 0 Å². The van der Waals surface area contributed by atoms with Crippen molar-refractivity contribution in [2.24, 2.45) is 5.84 Å². The minimum atomic E-state index is -0.333. The first kappa shape index (κ1) is 6.88. The van der Waals surface area contributed by atoms with E-state index in [4.69, 9.17) is 11.0 Å². The number of hydrogen-bond donors (Lipinski definition) is 2. The Morgan fingerprint density at radius 3 is 1.57 bits per heavy atom. The summed E-state index contributed by atoms with van der Waals surface area (Å²) >= 11 is 0. The van der Waals surface area contributed by atoms with Gasteiger partial charge in [0.15, 0.2) is 0 Å². The molecule has 0 aliphatic rings. The van der Waals surface area contributed by atoms with Crippen LogP contribution in [0.3, 0.4) is 0 Å². The van der Waals surface area contributed by atoms with Gasteiger partial charge in [0, 0.05) is 0 Å². The normalized spacial score (nSPS) is 12.9. The number of nitrogens with two attached hydrogens (primary N) is 1. The van der Waals surface area contributed by atoms with Gasteiger partial charge in [-0.3, -0.25) is 5.21 Å². The molecule has 0 aliphatic carbocycles. The second-order valence-electron chi connectivity index (χ2n) is 2.52. The third-order valence-electron chi connectivity index (χ3n) is 0.687. The lowest BCUT2D eigenvalue weighted by atomic mass is 10.1. The van der Waals surface area contributed by atoms with Crippen LogP contribution in [0.4, 0.5) is 0 Å². The maximum atomic E-state index is 8.50. The molecule has 0 aliphatic heterocycles. The minimum absolute atomic E-state index is 0.333. The summed E-state index contributed by atoms with van der Waals surface area (Å²) in [7, 11) is 0. The lowest BCUT2D eigenvalue weighted by Crippen LogP contribution is -2.43. The van der Waals surface area contributed by atoms with Gasteiger partial charge in [-0.15, -0.1) is 5.17 Å². The predicted octanol–water partition coefficient (Wildman–Crippen LogP) is 0.350. The Balaban J connectivity index is 3.54. The number of hydroxylamine groups is 1. The molecular formula is C4H12N2O. The Morgan fingerprint density at radius 2 is 1.57 bits per heavy atom. The summed E-state index contributed by atoms with van der Waals surface area (Å²) < 4.78 is 0. The van der Waals surface area contributed by atoms with Crippen molar-refractivity contribution in [3.05, 3.63) is 0 Å². The maximum Gasteiger partial charge on any atom is 0.0533 e. The maximum absolute atomic E-state index is 8.50. The Kier molecular flexibility index (Phi) is 1.75. The van der Waals surface area contributed by atoms with E-state index >= 15 is 0 Å². The summed E-state index contributed by atoms with van der Waals surface area (Å²) in [4.78, 5) is 0. The van der Waals surface area contributed by atoms with Crippen LogP contribution in [0.25, 0.3) is 0 Å². The molecule has 3 N–H and O–H groups in total. The van der Waals surface area contributed by atoms with Gasteiger partial charge in [-0.05, 0) is 20.8 Å². The van der Waals surface area contributed by atoms with Gasteiger partial charge in [0.25, 0.3) is 0 Å². The molecule has 44 valence electrons. The highest BCUT2D eigenvalue weighted by molar-refractivity contribution is 4.63. The van der Waals surface area contributed by atoms with E-state index in [2.05, 4.69) is 0 Å². The fraction of sp³-hybridized carbons (Fsp3) is 1.00. The van der Waals surface area contributed by atoms with Crippen LogP contribution in [0.15, 0.2) is 0 Å². The highest BCUT2D eigenvalue weighted by Gasteiger charge is 2.14. The van der Waals surface area contributed by atoms with Crippen LogP contribution in [0.2, 0.25) is 0 Å². The van der Waals surface area contributed by atoms with Gasteiger partial charge in [0.1, 0.15) is 0 Å². The smallest absolute Gasteiger partial charge is 0.0533 e. The van der Waals surface area contributed by atoms with Crippen molar-refractivity contribution < 1.29 is 5.21 Å². The zero-order chi connectivity index (χ0) is 6.08. The zero-order valence-corrected chi connectivity index (χ0v) is 4.97. The van der Waals surface area contributed by atoms with Crippen LogP contribution in [0, 0.1) is 0 Å². The largest absolute Gasteiger partial charge is 0.299 e. The van der Waals surface area contributed by atoms with Gasteiger partial charge >= 0.3 is 0 Å². The van der Waals surface area contributed by atoms with Gasteiger partial charge in [0.05, 0.1) is 5.54 Å². The molecule has 0 radical (unpaired) electrons. The first-order valence-electron chi connectivity index (χ1n) is 2.18. The van der Waals surface area contributed by atoms with Gasteiger partial charge in [0.2, 0.25) is 0 Å². The molecule has 0 bridgehead atoms. The molecule has 0 aromatic heterocycles. The predicted molar refractivity (Wildman–Crippen MR) is 27.6 cm³/mol. The Labute approximate surface area is 43.7 Å². The van der Waals surface area contributed by atoms with E-state index in [0.717, 1.165) is 0 Å². The van der Waals surface area contributed by atoms with Crippen LogP contribution in [-0.2, 0) is 0 Å². The highest BCUT2D eigenvalue weighted by Crippen LogP contribution is 2.03. The van der Waals surface area contributed by atoms with E-state index in [1.165, 1.54) is 0 Å². The molecule has 0 fully saturated rings. The summed E-state index contributed by atoms with van der Waals surface area (Å²) in [6, 6.07) is 0. The standard InChI is InChI=1S/C4H12N2O/c1-4(2,3)6(5)7/h7H,5H2,1-3H3. The van der Waals surface area contributed by atoms with Crippen LogP contribution in [-0.4, -0.2) is 15.9 Å². The first-order valence-corrected chi connectivity index (χ1v) is 2.18. The number of rotatable bonds is 0. The Morgan fingerprint density at radius 1 is 1.43 bits per heavy atom. The summed E-state index contributed by atoms with van der Waals surface area (Å²) in [6.07, 6.45) is 0. The third kappa shape index (κ3) is 2.56. The number of hydrazine groups is 1.